The van der Waals surface area contributed by atoms with Crippen LogP contribution in [0.15, 0.2) is 102 Å². The first-order valence-corrected chi connectivity index (χ1v) is 13.0. The molecule has 0 spiro atoms. The van der Waals surface area contributed by atoms with Crippen molar-refractivity contribution in [1.82, 2.24) is 0 Å². The quantitative estimate of drug-likeness (QED) is 0.126. The molecular formula is C30H28BrN3O5. The zero-order chi connectivity index (χ0) is 27.8. The van der Waals surface area contributed by atoms with Gasteiger partial charge in [0, 0.05) is 28.1 Å². The van der Waals surface area contributed by atoms with Gasteiger partial charge < -0.3 is 25.6 Å². The van der Waals surface area contributed by atoms with E-state index in [1.54, 1.807) is 49.4 Å². The Morgan fingerprint density at radius 1 is 0.974 bits per heavy atom. The van der Waals surface area contributed by atoms with Gasteiger partial charge in [-0.2, -0.15) is 0 Å². The van der Waals surface area contributed by atoms with Crippen molar-refractivity contribution in [3.05, 3.63) is 107 Å². The fourth-order valence-electron chi connectivity index (χ4n) is 4.05. The molecule has 8 nitrogen and oxygen atoms in total. The van der Waals surface area contributed by atoms with Crippen molar-refractivity contribution in [3.8, 4) is 5.75 Å². The molecule has 4 rings (SSSR count). The van der Waals surface area contributed by atoms with Crippen molar-refractivity contribution in [3.63, 3.8) is 0 Å². The van der Waals surface area contributed by atoms with Crippen molar-refractivity contribution < 1.29 is 24.2 Å². The van der Waals surface area contributed by atoms with Crippen LogP contribution < -0.4 is 16.4 Å². The number of nitrogens with two attached hydrogens (primary N) is 1. The molecular weight excluding hydrogens is 562 g/mol. The predicted molar refractivity (Wildman–Crippen MR) is 157 cm³/mol. The van der Waals surface area contributed by atoms with Gasteiger partial charge >= 0.3 is 6.09 Å². The lowest BCUT2D eigenvalue weighted by molar-refractivity contribution is -0.112. The van der Waals surface area contributed by atoms with Crippen molar-refractivity contribution >= 4 is 55.8 Å². The monoisotopic (exact) mass is 589 g/mol. The number of nitrogen functional groups attached to an aromatic ring is 1. The van der Waals surface area contributed by atoms with Crippen LogP contribution in [0.5, 0.6) is 5.75 Å². The molecule has 0 unspecified atom stereocenters. The summed E-state index contributed by atoms with van der Waals surface area (Å²) >= 11 is 3.40. The molecule has 2 amide bonds. The summed E-state index contributed by atoms with van der Waals surface area (Å²) in [6.07, 6.45) is 0.000489. The van der Waals surface area contributed by atoms with Crippen LogP contribution in [0.25, 0.3) is 10.8 Å². The number of amides is 2. The normalized spacial score (nSPS) is 12.7. The first kappa shape index (κ1) is 27.7. The van der Waals surface area contributed by atoms with E-state index in [0.717, 1.165) is 10.8 Å². The average molecular weight is 590 g/mol. The maximum atomic E-state index is 13.2. The summed E-state index contributed by atoms with van der Waals surface area (Å²) in [5.41, 5.74) is 7.67. The topological polar surface area (TPSA) is 123 Å². The number of nitrogens with one attached hydrogen (secondary N) is 2. The number of rotatable bonds is 9. The van der Waals surface area contributed by atoms with Gasteiger partial charge in [0.1, 0.15) is 11.9 Å². The lowest BCUT2D eigenvalue weighted by atomic mass is 10.0. The van der Waals surface area contributed by atoms with Gasteiger partial charge in [0.05, 0.1) is 17.1 Å². The Morgan fingerprint density at radius 2 is 1.69 bits per heavy atom. The maximum Gasteiger partial charge on any atom is 0.412 e. The van der Waals surface area contributed by atoms with E-state index in [2.05, 4.69) is 26.6 Å². The molecule has 9 heteroatoms. The number of carbonyl (C=O) groups is 2. The predicted octanol–water partition coefficient (Wildman–Crippen LogP) is 6.78. The number of ether oxygens (including phenoxy) is 2. The second-order valence-electron chi connectivity index (χ2n) is 8.54. The van der Waals surface area contributed by atoms with Gasteiger partial charge in [-0.1, -0.05) is 64.5 Å². The Kier molecular flexibility index (Phi) is 9.19. The molecule has 4 aromatic rings. The highest BCUT2D eigenvalue weighted by Crippen LogP contribution is 2.34. The van der Waals surface area contributed by atoms with Gasteiger partial charge in [0.25, 0.3) is 0 Å². The Morgan fingerprint density at radius 3 is 2.49 bits per heavy atom. The van der Waals surface area contributed by atoms with Crippen molar-refractivity contribution in [1.29, 1.82) is 0 Å². The Labute approximate surface area is 234 Å². The van der Waals surface area contributed by atoms with Crippen molar-refractivity contribution in [2.24, 2.45) is 0 Å². The molecule has 0 bridgehead atoms. The molecule has 0 aromatic heterocycles. The van der Waals surface area contributed by atoms with Crippen molar-refractivity contribution in [2.45, 2.75) is 19.1 Å². The van der Waals surface area contributed by atoms with E-state index in [0.29, 0.717) is 27.1 Å². The number of para-hydroxylation sites is 2. The Hall–Kier alpha value is -4.34. The number of aromatic hydroxyl groups is 1. The summed E-state index contributed by atoms with van der Waals surface area (Å²) in [5.74, 6) is -0.546. The minimum absolute atomic E-state index is 0.0965. The Bertz CT molecular complexity index is 1500. The van der Waals surface area contributed by atoms with Gasteiger partial charge in [-0.3, -0.25) is 10.1 Å². The molecule has 200 valence electrons. The summed E-state index contributed by atoms with van der Waals surface area (Å²) in [6, 6.07) is 24.8. The highest BCUT2D eigenvalue weighted by atomic mass is 79.9. The number of benzene rings is 4. The van der Waals surface area contributed by atoms with Crippen LogP contribution in [0, 0.1) is 0 Å². The summed E-state index contributed by atoms with van der Waals surface area (Å²) < 4.78 is 12.4. The van der Waals surface area contributed by atoms with Gasteiger partial charge in [0.2, 0.25) is 5.91 Å². The molecule has 0 radical (unpaired) electrons. The van der Waals surface area contributed by atoms with Gasteiger partial charge in [-0.05, 0) is 54.8 Å². The van der Waals surface area contributed by atoms with E-state index >= 15 is 0 Å². The molecule has 0 aliphatic rings. The van der Waals surface area contributed by atoms with Crippen LogP contribution in [0.4, 0.5) is 21.9 Å². The van der Waals surface area contributed by atoms with E-state index in [1.807, 2.05) is 36.4 Å². The molecule has 0 saturated carbocycles. The third kappa shape index (κ3) is 7.16. The third-order valence-electron chi connectivity index (χ3n) is 5.87. The first-order valence-electron chi connectivity index (χ1n) is 12.2. The highest BCUT2D eigenvalue weighted by Gasteiger charge is 2.29. The number of fused-ring (bicyclic) bond motifs is 1. The number of hydrogen-bond donors (Lipinski definition) is 4. The Balaban J connectivity index is 1.61. The number of phenolic OH excluding ortho intramolecular Hbond substituents is 1. The van der Waals surface area contributed by atoms with E-state index in [4.69, 9.17) is 15.2 Å². The minimum Gasteiger partial charge on any atom is -0.508 e. The molecule has 39 heavy (non-hydrogen) atoms. The smallest absolute Gasteiger partial charge is 0.412 e. The van der Waals surface area contributed by atoms with Crippen molar-refractivity contribution in [2.75, 3.05) is 23.0 Å². The maximum absolute atomic E-state index is 13.2. The number of anilines is 3. The number of carbonyl (C=O) groups excluding carboxylic acids is 2. The lowest BCUT2D eigenvalue weighted by Crippen LogP contribution is -2.28. The number of hydrogen-bond acceptors (Lipinski definition) is 6. The molecule has 4 aromatic carbocycles. The molecule has 0 heterocycles. The SMILES string of the molecule is CCO[C@H](/C=C/C(=O)Nc1ccccc1N)[C@H](OC(=O)Nc1cccc2ccccc12)c1cc(Br)ccc1O. The number of halogens is 1. The fraction of sp³-hybridized carbons (Fsp3) is 0.133. The standard InChI is InChI=1S/C30H28BrN3O5/c1-2-38-27(16-17-28(36)33-25-12-6-5-11-23(25)32)29(22-18-20(31)14-15-26(22)35)39-30(37)34-24-13-7-9-19-8-3-4-10-21(19)24/h3-18,27,29,35H,2,32H2,1H3,(H,33,36)(H,34,37)/b17-16+/t27-,29-/m1/s1. The molecule has 0 fully saturated rings. The van der Waals surface area contributed by atoms with E-state index in [1.165, 1.54) is 18.2 Å². The largest absolute Gasteiger partial charge is 0.508 e. The highest BCUT2D eigenvalue weighted by molar-refractivity contribution is 9.10. The third-order valence-corrected chi connectivity index (χ3v) is 6.36. The summed E-state index contributed by atoms with van der Waals surface area (Å²) in [7, 11) is 0. The molecule has 0 saturated heterocycles. The van der Waals surface area contributed by atoms with Crippen LogP contribution in [-0.2, 0) is 14.3 Å². The number of phenols is 1. The van der Waals surface area contributed by atoms with Crippen LogP contribution in [0.3, 0.4) is 0 Å². The van der Waals surface area contributed by atoms with Gasteiger partial charge in [-0.15, -0.1) is 0 Å². The van der Waals surface area contributed by atoms with Gasteiger partial charge in [-0.25, -0.2) is 4.79 Å². The van der Waals surface area contributed by atoms with Crippen LogP contribution in [0.1, 0.15) is 18.6 Å². The molecule has 2 atom stereocenters. The average Bonchev–Trinajstić information content (AvgIpc) is 2.93. The van der Waals surface area contributed by atoms with E-state index in [-0.39, 0.29) is 12.4 Å². The van der Waals surface area contributed by atoms with Crippen LogP contribution >= 0.6 is 15.9 Å². The lowest BCUT2D eigenvalue weighted by Gasteiger charge is -2.26. The molecule has 0 aliphatic carbocycles. The van der Waals surface area contributed by atoms with Crippen LogP contribution in [-0.4, -0.2) is 29.8 Å². The molecule has 0 aliphatic heterocycles. The van der Waals surface area contributed by atoms with Crippen LogP contribution in [0.2, 0.25) is 0 Å². The summed E-state index contributed by atoms with van der Waals surface area (Å²) in [6.45, 7) is 2.03. The zero-order valence-electron chi connectivity index (χ0n) is 21.1. The molecule has 5 N–H and O–H groups in total. The summed E-state index contributed by atoms with van der Waals surface area (Å²) in [5, 5.41) is 18.0. The van der Waals surface area contributed by atoms with E-state index < -0.39 is 24.2 Å². The summed E-state index contributed by atoms with van der Waals surface area (Å²) in [4.78, 5) is 25.8. The van der Waals surface area contributed by atoms with Gasteiger partial charge in [0.15, 0.2) is 6.10 Å². The second kappa shape index (κ2) is 12.9. The zero-order valence-corrected chi connectivity index (χ0v) is 22.7. The van der Waals surface area contributed by atoms with E-state index in [9.17, 15) is 14.7 Å². The minimum atomic E-state index is -1.09. The second-order valence-corrected chi connectivity index (χ2v) is 9.45. The first-order chi connectivity index (χ1) is 18.9. The fourth-order valence-corrected chi connectivity index (χ4v) is 4.43.